The quantitative estimate of drug-likeness (QED) is 0.759. The largest absolute Gasteiger partial charge is 0.494 e. The zero-order chi connectivity index (χ0) is 17.9. The second kappa shape index (κ2) is 7.36. The maximum absolute atomic E-state index is 12.4. The first-order chi connectivity index (χ1) is 12.8. The van der Waals surface area contributed by atoms with E-state index in [-0.39, 0.29) is 12.0 Å². The number of hydrogen-bond acceptors (Lipinski definition) is 7. The number of hydrogen-bond donors (Lipinski definition) is 1. The first kappa shape index (κ1) is 16.9. The van der Waals surface area contributed by atoms with Crippen molar-refractivity contribution in [2.45, 2.75) is 6.10 Å². The van der Waals surface area contributed by atoms with Gasteiger partial charge < -0.3 is 14.2 Å². The molecule has 3 heterocycles. The summed E-state index contributed by atoms with van der Waals surface area (Å²) in [5, 5.41) is 3.35. The number of amides is 1. The number of rotatable bonds is 4. The van der Waals surface area contributed by atoms with Crippen molar-refractivity contribution in [3.05, 3.63) is 47.8 Å². The lowest BCUT2D eigenvalue weighted by atomic mass is 10.1. The molecular formula is C18H17N3O4S. The van der Waals surface area contributed by atoms with Gasteiger partial charge in [0, 0.05) is 23.5 Å². The molecule has 3 aromatic rings. The highest BCUT2D eigenvalue weighted by molar-refractivity contribution is 7.22. The summed E-state index contributed by atoms with van der Waals surface area (Å²) in [7, 11) is 1.60. The topological polar surface area (TPSA) is 82.6 Å². The number of methoxy groups -OCH3 is 1. The molecule has 0 bridgehead atoms. The van der Waals surface area contributed by atoms with E-state index in [9.17, 15) is 4.79 Å². The van der Waals surface area contributed by atoms with Crippen molar-refractivity contribution in [1.29, 1.82) is 0 Å². The molecule has 1 fully saturated rings. The molecule has 1 unspecified atom stereocenters. The molecule has 26 heavy (non-hydrogen) atoms. The van der Waals surface area contributed by atoms with Gasteiger partial charge in [0.2, 0.25) is 0 Å². The van der Waals surface area contributed by atoms with Crippen LogP contribution in [-0.4, -0.2) is 42.8 Å². The predicted molar refractivity (Wildman–Crippen MR) is 97.9 cm³/mol. The summed E-state index contributed by atoms with van der Waals surface area (Å²) in [5.74, 6) is 0.422. The molecule has 1 aliphatic heterocycles. The molecule has 4 rings (SSSR count). The highest BCUT2D eigenvalue weighted by Crippen LogP contribution is 2.39. The van der Waals surface area contributed by atoms with E-state index in [4.69, 9.17) is 14.2 Å². The van der Waals surface area contributed by atoms with Crippen molar-refractivity contribution in [3.63, 3.8) is 0 Å². The minimum Gasteiger partial charge on any atom is -0.494 e. The molecule has 1 N–H and O–H groups in total. The fraction of sp³-hybridized carbons (Fsp3) is 0.278. The number of benzene rings is 1. The Morgan fingerprint density at radius 3 is 2.85 bits per heavy atom. The van der Waals surface area contributed by atoms with Gasteiger partial charge in [-0.2, -0.15) is 0 Å². The van der Waals surface area contributed by atoms with Gasteiger partial charge in [-0.05, 0) is 18.2 Å². The maximum Gasteiger partial charge on any atom is 0.257 e. The van der Waals surface area contributed by atoms with Crippen molar-refractivity contribution in [2.75, 3.05) is 32.2 Å². The van der Waals surface area contributed by atoms with E-state index in [1.54, 1.807) is 31.6 Å². The highest BCUT2D eigenvalue weighted by Gasteiger charge is 2.23. The molecule has 0 spiro atoms. The molecule has 0 radical (unpaired) electrons. The van der Waals surface area contributed by atoms with Crippen LogP contribution < -0.4 is 10.1 Å². The Kier molecular flexibility index (Phi) is 4.79. The SMILES string of the molecule is COc1ccc(C2COCCO2)c2sc(NC(=O)c3ccncc3)nc12. The van der Waals surface area contributed by atoms with Crippen LogP contribution >= 0.6 is 11.3 Å². The maximum atomic E-state index is 12.4. The van der Waals surface area contributed by atoms with Crippen molar-refractivity contribution in [2.24, 2.45) is 0 Å². The average Bonchev–Trinajstić information content (AvgIpc) is 3.12. The number of thiazole rings is 1. The first-order valence-corrected chi connectivity index (χ1v) is 8.96. The van der Waals surface area contributed by atoms with E-state index in [1.807, 2.05) is 12.1 Å². The monoisotopic (exact) mass is 371 g/mol. The minimum atomic E-state index is -0.232. The van der Waals surface area contributed by atoms with Crippen LogP contribution in [0.2, 0.25) is 0 Å². The normalized spacial score (nSPS) is 17.2. The zero-order valence-electron chi connectivity index (χ0n) is 14.1. The smallest absolute Gasteiger partial charge is 0.257 e. The second-order valence-corrected chi connectivity index (χ2v) is 6.68. The van der Waals surface area contributed by atoms with Gasteiger partial charge in [-0.1, -0.05) is 17.4 Å². The number of anilines is 1. The lowest BCUT2D eigenvalue weighted by Gasteiger charge is -2.23. The molecule has 1 aliphatic rings. The van der Waals surface area contributed by atoms with Gasteiger partial charge >= 0.3 is 0 Å². The van der Waals surface area contributed by atoms with Crippen molar-refractivity contribution in [3.8, 4) is 5.75 Å². The Bertz CT molecular complexity index is 923. The van der Waals surface area contributed by atoms with Crippen LogP contribution in [0.1, 0.15) is 22.0 Å². The lowest BCUT2D eigenvalue weighted by molar-refractivity contribution is -0.0895. The Morgan fingerprint density at radius 2 is 2.12 bits per heavy atom. The van der Waals surface area contributed by atoms with Crippen LogP contribution in [0.15, 0.2) is 36.7 Å². The molecule has 1 saturated heterocycles. The number of nitrogens with zero attached hydrogens (tertiary/aromatic N) is 2. The van der Waals surface area contributed by atoms with Crippen LogP contribution in [0.4, 0.5) is 5.13 Å². The van der Waals surface area contributed by atoms with E-state index in [0.717, 1.165) is 10.3 Å². The van der Waals surface area contributed by atoms with E-state index < -0.39 is 0 Å². The van der Waals surface area contributed by atoms with Gasteiger partial charge in [0.1, 0.15) is 17.4 Å². The summed E-state index contributed by atoms with van der Waals surface area (Å²) >= 11 is 1.40. The summed E-state index contributed by atoms with van der Waals surface area (Å²) in [5.41, 5.74) is 2.21. The number of pyridine rings is 1. The minimum absolute atomic E-state index is 0.152. The number of fused-ring (bicyclic) bond motifs is 1. The first-order valence-electron chi connectivity index (χ1n) is 8.14. The molecular weight excluding hydrogens is 354 g/mol. The summed E-state index contributed by atoms with van der Waals surface area (Å²) in [4.78, 5) is 20.9. The molecule has 2 aromatic heterocycles. The summed E-state index contributed by atoms with van der Waals surface area (Å²) in [6.45, 7) is 1.66. The molecule has 1 aromatic carbocycles. The van der Waals surface area contributed by atoms with E-state index in [0.29, 0.717) is 41.8 Å². The predicted octanol–water partition coefficient (Wildman–Crippen LogP) is 3.04. The molecule has 1 amide bonds. The van der Waals surface area contributed by atoms with Crippen molar-refractivity contribution < 1.29 is 19.0 Å². The van der Waals surface area contributed by atoms with Gasteiger partial charge in [-0.15, -0.1) is 0 Å². The van der Waals surface area contributed by atoms with Crippen LogP contribution in [-0.2, 0) is 9.47 Å². The summed E-state index contributed by atoms with van der Waals surface area (Å²) in [6.07, 6.45) is 3.00. The number of carbonyl (C=O) groups is 1. The second-order valence-electron chi connectivity index (χ2n) is 5.68. The molecule has 8 heteroatoms. The molecule has 134 valence electrons. The zero-order valence-corrected chi connectivity index (χ0v) is 14.9. The Morgan fingerprint density at radius 1 is 1.27 bits per heavy atom. The van der Waals surface area contributed by atoms with Crippen LogP contribution in [0, 0.1) is 0 Å². The fourth-order valence-electron chi connectivity index (χ4n) is 2.81. The molecule has 0 aliphatic carbocycles. The lowest BCUT2D eigenvalue weighted by Crippen LogP contribution is -2.21. The van der Waals surface area contributed by atoms with Crippen LogP contribution in [0.25, 0.3) is 10.2 Å². The van der Waals surface area contributed by atoms with Crippen LogP contribution in [0.5, 0.6) is 5.75 Å². The molecule has 7 nitrogen and oxygen atoms in total. The van der Waals surface area contributed by atoms with Gasteiger partial charge in [0.05, 0.1) is 31.6 Å². The van der Waals surface area contributed by atoms with E-state index >= 15 is 0 Å². The van der Waals surface area contributed by atoms with Crippen molar-refractivity contribution in [1.82, 2.24) is 9.97 Å². The highest BCUT2D eigenvalue weighted by atomic mass is 32.1. The summed E-state index contributed by atoms with van der Waals surface area (Å²) < 4.78 is 17.7. The van der Waals surface area contributed by atoms with Gasteiger partial charge in [-0.25, -0.2) is 4.98 Å². The third-order valence-electron chi connectivity index (χ3n) is 4.08. The summed E-state index contributed by atoms with van der Waals surface area (Å²) in [6, 6.07) is 7.14. The molecule has 0 saturated carbocycles. The Balaban J connectivity index is 1.69. The Labute approximate surface area is 153 Å². The third kappa shape index (κ3) is 3.26. The fourth-order valence-corrected chi connectivity index (χ4v) is 3.85. The van der Waals surface area contributed by atoms with Gasteiger partial charge in [0.15, 0.2) is 5.13 Å². The average molecular weight is 371 g/mol. The standard InChI is InChI=1S/C18H17N3O4S/c1-23-13-3-2-12(14-10-24-8-9-25-14)16-15(13)20-18(26-16)21-17(22)11-4-6-19-7-5-11/h2-7,14H,8-10H2,1H3,(H,20,21,22). The van der Waals surface area contributed by atoms with Gasteiger partial charge in [-0.3, -0.25) is 15.1 Å². The van der Waals surface area contributed by atoms with Crippen LogP contribution in [0.3, 0.4) is 0 Å². The number of aromatic nitrogens is 2. The van der Waals surface area contributed by atoms with Gasteiger partial charge in [0.25, 0.3) is 5.91 Å². The molecule has 1 atom stereocenters. The third-order valence-corrected chi connectivity index (χ3v) is 5.10. The van der Waals surface area contributed by atoms with E-state index in [1.165, 1.54) is 11.3 Å². The van der Waals surface area contributed by atoms with E-state index in [2.05, 4.69) is 15.3 Å². The number of nitrogens with one attached hydrogen (secondary N) is 1. The number of ether oxygens (including phenoxy) is 3. The Hall–Kier alpha value is -2.55. The number of carbonyl (C=O) groups excluding carboxylic acids is 1. The van der Waals surface area contributed by atoms with Crippen molar-refractivity contribution >= 4 is 32.6 Å².